The lowest BCUT2D eigenvalue weighted by atomic mass is 10.0. The highest BCUT2D eigenvalue weighted by Crippen LogP contribution is 2.21. The molecule has 26 heavy (non-hydrogen) atoms. The Kier molecular flexibility index (Phi) is 5.06. The van der Waals surface area contributed by atoms with Crippen molar-refractivity contribution in [3.63, 3.8) is 0 Å². The normalized spacial score (nSPS) is 16.3. The van der Waals surface area contributed by atoms with Gasteiger partial charge in [-0.2, -0.15) is 5.10 Å². The van der Waals surface area contributed by atoms with Gasteiger partial charge in [0.25, 0.3) is 5.91 Å². The average molecular weight is 358 g/mol. The zero-order valence-corrected chi connectivity index (χ0v) is 15.5. The monoisotopic (exact) mass is 358 g/mol. The molecule has 1 atom stereocenters. The second kappa shape index (κ2) is 7.27. The van der Waals surface area contributed by atoms with Crippen LogP contribution in [0.2, 0.25) is 0 Å². The number of aryl methyl sites for hydroxylation is 2. The summed E-state index contributed by atoms with van der Waals surface area (Å²) in [5.41, 5.74) is 4.48. The van der Waals surface area contributed by atoms with Crippen LogP contribution >= 0.6 is 0 Å². The second-order valence-corrected chi connectivity index (χ2v) is 6.50. The number of amides is 1. The van der Waals surface area contributed by atoms with Gasteiger partial charge >= 0.3 is 0 Å². The third-order valence-corrected chi connectivity index (χ3v) is 4.72. The van der Waals surface area contributed by atoms with Crippen molar-refractivity contribution in [3.8, 4) is 0 Å². The van der Waals surface area contributed by atoms with E-state index in [4.69, 9.17) is 4.84 Å². The van der Waals surface area contributed by atoms with E-state index in [2.05, 4.69) is 10.3 Å². The van der Waals surface area contributed by atoms with E-state index in [9.17, 15) is 9.18 Å². The minimum absolute atomic E-state index is 0.131. The number of benzene rings is 1. The predicted molar refractivity (Wildman–Crippen MR) is 96.3 cm³/mol. The number of oxime groups is 1. The lowest BCUT2D eigenvalue weighted by molar-refractivity contribution is -0.141. The number of hydrogen-bond donors (Lipinski definition) is 0. The Morgan fingerprint density at radius 1 is 1.35 bits per heavy atom. The molecule has 0 N–H and O–H groups in total. The first-order chi connectivity index (χ1) is 12.4. The first kappa shape index (κ1) is 18.1. The van der Waals surface area contributed by atoms with Gasteiger partial charge in [-0.05, 0) is 38.5 Å². The zero-order chi connectivity index (χ0) is 18.8. The van der Waals surface area contributed by atoms with Crippen LogP contribution in [0.15, 0.2) is 29.4 Å². The van der Waals surface area contributed by atoms with Crippen molar-refractivity contribution >= 4 is 11.6 Å². The molecule has 0 saturated heterocycles. The molecule has 6 nitrogen and oxygen atoms in total. The van der Waals surface area contributed by atoms with Crippen LogP contribution in [0, 0.1) is 19.7 Å². The third kappa shape index (κ3) is 3.47. The molecule has 1 aromatic carbocycles. The van der Waals surface area contributed by atoms with Crippen molar-refractivity contribution < 1.29 is 14.0 Å². The Morgan fingerprint density at radius 2 is 2.04 bits per heavy atom. The van der Waals surface area contributed by atoms with E-state index in [1.165, 1.54) is 12.1 Å². The number of likely N-dealkylation sites (N-methyl/N-ethyl adjacent to an activating group) is 1. The van der Waals surface area contributed by atoms with Crippen LogP contribution in [0.4, 0.5) is 4.39 Å². The van der Waals surface area contributed by atoms with Crippen LogP contribution in [0.3, 0.4) is 0 Å². The molecular weight excluding hydrogens is 335 g/mol. The highest BCUT2D eigenvalue weighted by molar-refractivity contribution is 6.04. The number of halogens is 1. The van der Waals surface area contributed by atoms with Crippen LogP contribution in [0.25, 0.3) is 0 Å². The van der Waals surface area contributed by atoms with Gasteiger partial charge in [0.2, 0.25) is 6.10 Å². The maximum absolute atomic E-state index is 13.0. The number of nitrogens with zero attached hydrogens (tertiary/aromatic N) is 4. The molecule has 3 rings (SSSR count). The third-order valence-electron chi connectivity index (χ3n) is 4.72. The minimum Gasteiger partial charge on any atom is -0.382 e. The molecule has 2 heterocycles. The van der Waals surface area contributed by atoms with E-state index in [-0.39, 0.29) is 11.7 Å². The number of carbonyl (C=O) groups is 1. The van der Waals surface area contributed by atoms with E-state index in [0.717, 1.165) is 29.1 Å². The highest BCUT2D eigenvalue weighted by Gasteiger charge is 2.31. The van der Waals surface area contributed by atoms with Gasteiger partial charge in [0, 0.05) is 37.8 Å². The molecular formula is C19H23FN4O2. The predicted octanol–water partition coefficient (Wildman–Crippen LogP) is 2.81. The fraction of sp³-hybridized carbons (Fsp3) is 0.421. The van der Waals surface area contributed by atoms with Crippen molar-refractivity contribution in [3.05, 3.63) is 52.6 Å². The van der Waals surface area contributed by atoms with Crippen molar-refractivity contribution in [1.82, 2.24) is 14.7 Å². The van der Waals surface area contributed by atoms with Gasteiger partial charge in [-0.1, -0.05) is 17.3 Å². The fourth-order valence-electron chi connectivity index (χ4n) is 3.15. The molecule has 1 amide bonds. The average Bonchev–Trinajstić information content (AvgIpc) is 3.22. The van der Waals surface area contributed by atoms with Gasteiger partial charge in [0.05, 0.1) is 11.4 Å². The van der Waals surface area contributed by atoms with Gasteiger partial charge in [-0.3, -0.25) is 9.48 Å². The summed E-state index contributed by atoms with van der Waals surface area (Å²) in [6.07, 6.45) is -0.275. The number of carbonyl (C=O) groups excluding carboxylic acids is 1. The van der Waals surface area contributed by atoms with E-state index in [1.54, 1.807) is 24.1 Å². The molecule has 0 aliphatic carbocycles. The molecule has 2 aromatic rings. The Morgan fingerprint density at radius 3 is 2.65 bits per heavy atom. The molecule has 1 aliphatic rings. The van der Waals surface area contributed by atoms with Crippen LogP contribution < -0.4 is 0 Å². The smallest absolute Gasteiger partial charge is 0.266 e. The molecule has 0 spiro atoms. The van der Waals surface area contributed by atoms with Crippen LogP contribution in [0.5, 0.6) is 0 Å². The van der Waals surface area contributed by atoms with Crippen LogP contribution in [-0.4, -0.2) is 39.5 Å². The summed E-state index contributed by atoms with van der Waals surface area (Å²) in [6, 6.07) is 6.02. The zero-order valence-electron chi connectivity index (χ0n) is 15.5. The quantitative estimate of drug-likeness (QED) is 0.826. The Bertz CT molecular complexity index is 842. The van der Waals surface area contributed by atoms with Crippen molar-refractivity contribution in [1.29, 1.82) is 0 Å². The summed E-state index contributed by atoms with van der Waals surface area (Å²) >= 11 is 0. The number of aromatic nitrogens is 2. The first-order valence-electron chi connectivity index (χ1n) is 8.67. The number of rotatable bonds is 5. The molecule has 1 unspecified atom stereocenters. The molecule has 138 valence electrons. The Hall–Kier alpha value is -2.70. The largest absolute Gasteiger partial charge is 0.382 e. The second-order valence-electron chi connectivity index (χ2n) is 6.50. The minimum atomic E-state index is -0.651. The van der Waals surface area contributed by atoms with E-state index in [0.29, 0.717) is 18.7 Å². The van der Waals surface area contributed by atoms with E-state index >= 15 is 0 Å². The van der Waals surface area contributed by atoms with Crippen molar-refractivity contribution in [2.24, 2.45) is 5.16 Å². The molecule has 0 fully saturated rings. The van der Waals surface area contributed by atoms with Gasteiger partial charge in [0.1, 0.15) is 5.82 Å². The summed E-state index contributed by atoms with van der Waals surface area (Å²) in [5, 5.41) is 8.50. The summed E-state index contributed by atoms with van der Waals surface area (Å²) in [6.45, 7) is 7.28. The summed E-state index contributed by atoms with van der Waals surface area (Å²) < 4.78 is 15.0. The lowest BCUT2D eigenvalue weighted by Gasteiger charge is -2.20. The fourth-order valence-corrected chi connectivity index (χ4v) is 3.15. The van der Waals surface area contributed by atoms with Crippen LogP contribution in [-0.2, 0) is 22.7 Å². The first-order valence-corrected chi connectivity index (χ1v) is 8.67. The van der Waals surface area contributed by atoms with Gasteiger partial charge in [-0.25, -0.2) is 4.39 Å². The summed E-state index contributed by atoms with van der Waals surface area (Å²) in [7, 11) is 1.75. The molecule has 1 aliphatic heterocycles. The SMILES string of the molecule is CCn1nc(C)c(CN(C)C(=O)C2CC(c3ccc(F)cc3)=NO2)c1C. The lowest BCUT2D eigenvalue weighted by Crippen LogP contribution is -2.36. The Balaban J connectivity index is 1.65. The van der Waals surface area contributed by atoms with Gasteiger partial charge < -0.3 is 9.74 Å². The number of hydrogen-bond acceptors (Lipinski definition) is 4. The molecule has 7 heteroatoms. The standard InChI is InChI=1S/C19H23FN4O2/c1-5-24-13(3)16(12(2)21-24)11-23(4)19(25)18-10-17(22-26-18)14-6-8-15(20)9-7-14/h6-9,18H,5,10-11H2,1-4H3. The van der Waals surface area contributed by atoms with Crippen molar-refractivity contribution in [2.75, 3.05) is 7.05 Å². The van der Waals surface area contributed by atoms with Crippen LogP contribution in [0.1, 0.15) is 35.9 Å². The maximum atomic E-state index is 13.0. The summed E-state index contributed by atoms with van der Waals surface area (Å²) in [4.78, 5) is 19.7. The van der Waals surface area contributed by atoms with Crippen molar-refractivity contribution in [2.45, 2.75) is 46.4 Å². The molecule has 0 bridgehead atoms. The van der Waals surface area contributed by atoms with Gasteiger partial charge in [-0.15, -0.1) is 0 Å². The maximum Gasteiger partial charge on any atom is 0.266 e. The molecule has 1 aromatic heterocycles. The molecule has 0 radical (unpaired) electrons. The topological polar surface area (TPSA) is 59.7 Å². The summed E-state index contributed by atoms with van der Waals surface area (Å²) in [5.74, 6) is -0.437. The van der Waals surface area contributed by atoms with Gasteiger partial charge in [0.15, 0.2) is 0 Å². The van der Waals surface area contributed by atoms with E-state index < -0.39 is 6.10 Å². The Labute approximate surface area is 152 Å². The highest BCUT2D eigenvalue weighted by atomic mass is 19.1. The molecule has 0 saturated carbocycles. The van der Waals surface area contributed by atoms with E-state index in [1.807, 2.05) is 25.5 Å².